The molecule has 0 amide bonds. The van der Waals surface area contributed by atoms with Gasteiger partial charge in [0.1, 0.15) is 19.8 Å². The van der Waals surface area contributed by atoms with Gasteiger partial charge in [-0.05, 0) is 19.3 Å². The number of carbonyl (C=O) groups excluding carboxylic acids is 3. The molecule has 6 heteroatoms. The number of carbonyl (C=O) groups is 3. The SMILES string of the molecule is CCCCCCCCCCCC(=O)OCC(COC(=O)CCCCCCCCCC)COC(=O)CCCCCCCCCCC. The zero-order chi connectivity index (χ0) is 33.1. The molecule has 45 heavy (non-hydrogen) atoms. The minimum Gasteiger partial charge on any atom is -0.465 e. The Morgan fingerprint density at radius 2 is 0.533 bits per heavy atom. The number of hydrogen-bond donors (Lipinski definition) is 0. The molecule has 0 unspecified atom stereocenters. The van der Waals surface area contributed by atoms with E-state index >= 15 is 0 Å². The third-order valence-corrected chi connectivity index (χ3v) is 8.64. The topological polar surface area (TPSA) is 78.9 Å². The molecule has 0 aromatic heterocycles. The molecule has 0 saturated carbocycles. The first-order valence-electron chi connectivity index (χ1n) is 19.5. The summed E-state index contributed by atoms with van der Waals surface area (Å²) in [5.41, 5.74) is 0. The average Bonchev–Trinajstić information content (AvgIpc) is 3.04. The number of unbranched alkanes of at least 4 members (excludes halogenated alkanes) is 23. The normalized spacial score (nSPS) is 11.2. The summed E-state index contributed by atoms with van der Waals surface area (Å²) in [6.45, 7) is 7.00. The van der Waals surface area contributed by atoms with Crippen molar-refractivity contribution in [2.45, 2.75) is 207 Å². The maximum atomic E-state index is 12.4. The first-order chi connectivity index (χ1) is 22.0. The van der Waals surface area contributed by atoms with Crippen LogP contribution in [0.25, 0.3) is 0 Å². The first kappa shape index (κ1) is 43.4. The highest BCUT2D eigenvalue weighted by atomic mass is 16.6. The lowest BCUT2D eigenvalue weighted by Crippen LogP contribution is -2.26. The quantitative estimate of drug-likeness (QED) is 0.0390. The van der Waals surface area contributed by atoms with E-state index in [2.05, 4.69) is 20.8 Å². The van der Waals surface area contributed by atoms with Crippen molar-refractivity contribution in [1.82, 2.24) is 0 Å². The molecule has 0 aliphatic rings. The fourth-order valence-electron chi connectivity index (χ4n) is 5.56. The van der Waals surface area contributed by atoms with Crippen LogP contribution in [0, 0.1) is 5.92 Å². The Balaban J connectivity index is 4.33. The zero-order valence-electron chi connectivity index (χ0n) is 30.2. The largest absolute Gasteiger partial charge is 0.465 e. The van der Waals surface area contributed by atoms with E-state index in [1.54, 1.807) is 0 Å². The van der Waals surface area contributed by atoms with Gasteiger partial charge in [-0.2, -0.15) is 0 Å². The fourth-order valence-corrected chi connectivity index (χ4v) is 5.56. The van der Waals surface area contributed by atoms with Gasteiger partial charge in [-0.1, -0.05) is 168 Å². The van der Waals surface area contributed by atoms with Crippen LogP contribution in [0.4, 0.5) is 0 Å². The summed E-state index contributed by atoms with van der Waals surface area (Å²) >= 11 is 0. The first-order valence-corrected chi connectivity index (χ1v) is 19.5. The summed E-state index contributed by atoms with van der Waals surface area (Å²) in [5, 5.41) is 0. The van der Waals surface area contributed by atoms with Gasteiger partial charge in [-0.3, -0.25) is 14.4 Å². The molecule has 0 spiro atoms. The molecule has 0 N–H and O–H groups in total. The van der Waals surface area contributed by atoms with Gasteiger partial charge in [0.2, 0.25) is 0 Å². The molecule has 0 bridgehead atoms. The Kier molecular flexibility index (Phi) is 34.0. The summed E-state index contributed by atoms with van der Waals surface area (Å²) in [4.78, 5) is 37.1. The molecular formula is C39H74O6. The van der Waals surface area contributed by atoms with Gasteiger partial charge in [0.25, 0.3) is 0 Å². The fraction of sp³-hybridized carbons (Fsp3) is 0.923. The van der Waals surface area contributed by atoms with E-state index in [-0.39, 0.29) is 43.6 Å². The third-order valence-electron chi connectivity index (χ3n) is 8.64. The van der Waals surface area contributed by atoms with Crippen molar-refractivity contribution in [3.63, 3.8) is 0 Å². The molecule has 0 rings (SSSR count). The molecule has 0 saturated heterocycles. The number of rotatable bonds is 35. The van der Waals surface area contributed by atoms with Crippen molar-refractivity contribution in [1.29, 1.82) is 0 Å². The molecule has 0 aliphatic heterocycles. The number of esters is 3. The predicted octanol–water partition coefficient (Wildman–Crippen LogP) is 11.6. The Morgan fingerprint density at radius 3 is 0.756 bits per heavy atom. The summed E-state index contributed by atoms with van der Waals surface area (Å²) in [5.74, 6) is -1.02. The lowest BCUT2D eigenvalue weighted by atomic mass is 10.1. The minimum atomic E-state index is -0.341. The van der Waals surface area contributed by atoms with Crippen molar-refractivity contribution >= 4 is 17.9 Å². The highest BCUT2D eigenvalue weighted by molar-refractivity contribution is 5.70. The van der Waals surface area contributed by atoms with Crippen LogP contribution < -0.4 is 0 Å². The van der Waals surface area contributed by atoms with E-state index in [1.165, 1.54) is 109 Å². The Labute approximate surface area is 278 Å². The van der Waals surface area contributed by atoms with Gasteiger partial charge in [0.15, 0.2) is 0 Å². The molecular weight excluding hydrogens is 564 g/mol. The van der Waals surface area contributed by atoms with E-state index < -0.39 is 0 Å². The van der Waals surface area contributed by atoms with Crippen LogP contribution in [0.15, 0.2) is 0 Å². The molecule has 0 aromatic carbocycles. The van der Waals surface area contributed by atoms with Crippen LogP contribution in [0.5, 0.6) is 0 Å². The lowest BCUT2D eigenvalue weighted by Gasteiger charge is -2.17. The second kappa shape index (κ2) is 35.3. The molecule has 0 atom stereocenters. The van der Waals surface area contributed by atoms with Crippen LogP contribution in [-0.2, 0) is 28.6 Å². The van der Waals surface area contributed by atoms with E-state index in [0.29, 0.717) is 19.3 Å². The van der Waals surface area contributed by atoms with Crippen LogP contribution in [0.2, 0.25) is 0 Å². The van der Waals surface area contributed by atoms with Gasteiger partial charge in [0.05, 0.1) is 5.92 Å². The monoisotopic (exact) mass is 639 g/mol. The highest BCUT2D eigenvalue weighted by Gasteiger charge is 2.18. The van der Waals surface area contributed by atoms with Crippen LogP contribution >= 0.6 is 0 Å². The summed E-state index contributed by atoms with van der Waals surface area (Å²) in [6.07, 6.45) is 32.1. The third kappa shape index (κ3) is 33.6. The Bertz CT molecular complexity index is 626. The van der Waals surface area contributed by atoms with E-state index in [1.807, 2.05) is 0 Å². The summed E-state index contributed by atoms with van der Waals surface area (Å²) < 4.78 is 16.6. The van der Waals surface area contributed by atoms with Crippen LogP contribution in [0.1, 0.15) is 207 Å². The highest BCUT2D eigenvalue weighted by Crippen LogP contribution is 2.14. The molecule has 6 nitrogen and oxygen atoms in total. The van der Waals surface area contributed by atoms with Crippen molar-refractivity contribution in [2.75, 3.05) is 19.8 Å². The van der Waals surface area contributed by atoms with Gasteiger partial charge >= 0.3 is 17.9 Å². The van der Waals surface area contributed by atoms with Gasteiger partial charge in [-0.15, -0.1) is 0 Å². The summed E-state index contributed by atoms with van der Waals surface area (Å²) in [6, 6.07) is 0. The van der Waals surface area contributed by atoms with Crippen molar-refractivity contribution in [3.8, 4) is 0 Å². The van der Waals surface area contributed by atoms with Crippen molar-refractivity contribution in [3.05, 3.63) is 0 Å². The maximum Gasteiger partial charge on any atom is 0.305 e. The van der Waals surface area contributed by atoms with E-state index in [4.69, 9.17) is 14.2 Å². The molecule has 0 aliphatic carbocycles. The van der Waals surface area contributed by atoms with E-state index in [0.717, 1.165) is 57.8 Å². The number of hydrogen-bond acceptors (Lipinski definition) is 6. The average molecular weight is 639 g/mol. The molecule has 0 radical (unpaired) electrons. The molecule has 0 fully saturated rings. The standard InChI is InChI=1S/C39H74O6/c1-4-7-10-13-16-19-22-25-28-31-38(41)44-34-36(33-43-37(40)30-27-24-21-18-15-12-9-6-3)35-45-39(42)32-29-26-23-20-17-14-11-8-5-2/h36H,4-35H2,1-3H3. The second-order valence-electron chi connectivity index (χ2n) is 13.3. The lowest BCUT2D eigenvalue weighted by molar-refractivity contribution is -0.153. The van der Waals surface area contributed by atoms with Crippen molar-refractivity contribution in [2.24, 2.45) is 5.92 Å². The van der Waals surface area contributed by atoms with Crippen LogP contribution in [-0.4, -0.2) is 37.7 Å². The minimum absolute atomic E-state index is 0.104. The molecule has 0 aromatic rings. The van der Waals surface area contributed by atoms with E-state index in [9.17, 15) is 14.4 Å². The Hall–Kier alpha value is -1.59. The molecule has 266 valence electrons. The second-order valence-corrected chi connectivity index (χ2v) is 13.3. The molecule has 0 heterocycles. The Morgan fingerprint density at radius 1 is 0.333 bits per heavy atom. The van der Waals surface area contributed by atoms with Gasteiger partial charge in [-0.25, -0.2) is 0 Å². The summed E-state index contributed by atoms with van der Waals surface area (Å²) in [7, 11) is 0. The number of ether oxygens (including phenoxy) is 3. The predicted molar refractivity (Wildman–Crippen MR) is 187 cm³/mol. The maximum absolute atomic E-state index is 12.4. The van der Waals surface area contributed by atoms with Gasteiger partial charge < -0.3 is 14.2 Å². The smallest absolute Gasteiger partial charge is 0.305 e. The van der Waals surface area contributed by atoms with Gasteiger partial charge in [0, 0.05) is 19.3 Å². The van der Waals surface area contributed by atoms with Crippen LogP contribution in [0.3, 0.4) is 0 Å². The zero-order valence-corrected chi connectivity index (χ0v) is 30.2. The van der Waals surface area contributed by atoms with Crippen molar-refractivity contribution < 1.29 is 28.6 Å².